The first kappa shape index (κ1) is 9.49. The van der Waals surface area contributed by atoms with Gasteiger partial charge in [-0.15, -0.1) is 0 Å². The predicted octanol–water partition coefficient (Wildman–Crippen LogP) is 2.44. The smallest absolute Gasteiger partial charge is 0.240 e. The summed E-state index contributed by atoms with van der Waals surface area (Å²) in [6, 6.07) is 7.11. The highest BCUT2D eigenvalue weighted by Gasteiger charge is 2.02. The van der Waals surface area contributed by atoms with E-state index in [9.17, 15) is 4.79 Å². The molecule has 0 aliphatic carbocycles. The largest absolute Gasteiger partial charge is 0.489 e. The molecule has 0 N–H and O–H groups in total. The molecule has 0 saturated carbocycles. The maximum Gasteiger partial charge on any atom is 0.240 e. The van der Waals surface area contributed by atoms with E-state index < -0.39 is 0 Å². The number of benzene rings is 1. The van der Waals surface area contributed by atoms with Crippen molar-refractivity contribution in [3.63, 3.8) is 0 Å². The van der Waals surface area contributed by atoms with Gasteiger partial charge in [0.2, 0.25) is 6.08 Å². The third-order valence-corrected chi connectivity index (χ3v) is 1.39. The fourth-order valence-electron chi connectivity index (χ4n) is 0.952. The van der Waals surface area contributed by atoms with Crippen LogP contribution >= 0.6 is 0 Å². The zero-order chi connectivity index (χ0) is 9.68. The highest BCUT2D eigenvalue weighted by molar-refractivity contribution is 5.57. The van der Waals surface area contributed by atoms with Crippen LogP contribution in [0.2, 0.25) is 0 Å². The molecule has 1 aromatic rings. The summed E-state index contributed by atoms with van der Waals surface area (Å²) >= 11 is 0. The summed E-state index contributed by atoms with van der Waals surface area (Å²) in [5.41, 5.74) is 0.520. The molecular formula is C10H11NO2. The van der Waals surface area contributed by atoms with Gasteiger partial charge in [0.25, 0.3) is 0 Å². The molecule has 1 rings (SSSR count). The first-order chi connectivity index (χ1) is 6.24. The van der Waals surface area contributed by atoms with Crippen molar-refractivity contribution in [2.45, 2.75) is 20.0 Å². The molecule has 0 amide bonds. The van der Waals surface area contributed by atoms with E-state index in [0.717, 1.165) is 0 Å². The number of carbonyl (C=O) groups excluding carboxylic acids is 1. The van der Waals surface area contributed by atoms with Crippen molar-refractivity contribution in [1.29, 1.82) is 0 Å². The lowest BCUT2D eigenvalue weighted by Crippen LogP contribution is -2.05. The Morgan fingerprint density at radius 1 is 1.38 bits per heavy atom. The van der Waals surface area contributed by atoms with Crippen molar-refractivity contribution in [2.24, 2.45) is 4.99 Å². The zero-order valence-electron chi connectivity index (χ0n) is 7.65. The Balaban J connectivity index is 2.97. The second-order valence-electron chi connectivity index (χ2n) is 2.84. The molecular weight excluding hydrogens is 166 g/mol. The van der Waals surface area contributed by atoms with Crippen LogP contribution in [0.5, 0.6) is 5.75 Å². The van der Waals surface area contributed by atoms with Crippen LogP contribution in [-0.4, -0.2) is 12.2 Å². The Morgan fingerprint density at radius 2 is 2.08 bits per heavy atom. The molecule has 0 radical (unpaired) electrons. The van der Waals surface area contributed by atoms with Crippen molar-refractivity contribution in [3.05, 3.63) is 24.3 Å². The van der Waals surface area contributed by atoms with Crippen LogP contribution in [0.4, 0.5) is 5.69 Å². The molecule has 68 valence electrons. The Bertz CT molecular complexity index is 327. The molecule has 0 saturated heterocycles. The number of rotatable bonds is 3. The van der Waals surface area contributed by atoms with Crippen LogP contribution < -0.4 is 4.74 Å². The van der Waals surface area contributed by atoms with Gasteiger partial charge in [-0.1, -0.05) is 12.1 Å². The van der Waals surface area contributed by atoms with Gasteiger partial charge >= 0.3 is 0 Å². The highest BCUT2D eigenvalue weighted by atomic mass is 16.5. The lowest BCUT2D eigenvalue weighted by Gasteiger charge is -2.10. The maximum atomic E-state index is 10.1. The van der Waals surface area contributed by atoms with Crippen molar-refractivity contribution in [2.75, 3.05) is 0 Å². The normalized spacial score (nSPS) is 9.46. The van der Waals surface area contributed by atoms with E-state index in [4.69, 9.17) is 4.74 Å². The molecule has 0 bridgehead atoms. The third-order valence-electron chi connectivity index (χ3n) is 1.39. The fraction of sp³-hybridized carbons (Fsp3) is 0.300. The summed E-state index contributed by atoms with van der Waals surface area (Å²) in [6.45, 7) is 3.84. The van der Waals surface area contributed by atoms with E-state index in [1.807, 2.05) is 19.9 Å². The third kappa shape index (κ3) is 2.73. The Morgan fingerprint density at radius 3 is 2.69 bits per heavy atom. The van der Waals surface area contributed by atoms with E-state index in [-0.39, 0.29) is 6.10 Å². The molecule has 3 heteroatoms. The average Bonchev–Trinajstić information content (AvgIpc) is 2.08. The molecule has 0 aliphatic heterocycles. The SMILES string of the molecule is CC(C)Oc1ccccc1N=C=O. The van der Waals surface area contributed by atoms with Crippen LogP contribution in [0.25, 0.3) is 0 Å². The summed E-state index contributed by atoms with van der Waals surface area (Å²) in [7, 11) is 0. The van der Waals surface area contributed by atoms with E-state index in [2.05, 4.69) is 4.99 Å². The van der Waals surface area contributed by atoms with Crippen molar-refractivity contribution < 1.29 is 9.53 Å². The molecule has 0 unspecified atom stereocenters. The van der Waals surface area contributed by atoms with Crippen LogP contribution in [0.15, 0.2) is 29.3 Å². The number of aliphatic imine (C=N–C) groups is 1. The van der Waals surface area contributed by atoms with Crippen LogP contribution in [0, 0.1) is 0 Å². The summed E-state index contributed by atoms with van der Waals surface area (Å²) in [5.74, 6) is 0.612. The van der Waals surface area contributed by atoms with Crippen LogP contribution in [0.3, 0.4) is 0 Å². The minimum absolute atomic E-state index is 0.0722. The van der Waals surface area contributed by atoms with Gasteiger partial charge in [0.15, 0.2) is 0 Å². The number of nitrogens with zero attached hydrogens (tertiary/aromatic N) is 1. The van der Waals surface area contributed by atoms with Gasteiger partial charge in [0.05, 0.1) is 6.10 Å². The molecule has 3 nitrogen and oxygen atoms in total. The molecule has 0 aromatic heterocycles. The first-order valence-electron chi connectivity index (χ1n) is 4.07. The Hall–Kier alpha value is -1.60. The maximum absolute atomic E-state index is 10.1. The molecule has 0 heterocycles. The van der Waals surface area contributed by atoms with E-state index in [1.165, 1.54) is 6.08 Å². The quantitative estimate of drug-likeness (QED) is 0.525. The predicted molar refractivity (Wildman–Crippen MR) is 50.0 cm³/mol. The summed E-state index contributed by atoms with van der Waals surface area (Å²) in [5, 5.41) is 0. The summed E-state index contributed by atoms with van der Waals surface area (Å²) in [6.07, 6.45) is 1.56. The van der Waals surface area contributed by atoms with Gasteiger partial charge in [-0.25, -0.2) is 4.79 Å². The minimum Gasteiger partial charge on any atom is -0.489 e. The van der Waals surface area contributed by atoms with Gasteiger partial charge in [-0.05, 0) is 26.0 Å². The number of hydrogen-bond donors (Lipinski definition) is 0. The van der Waals surface area contributed by atoms with Gasteiger partial charge in [0, 0.05) is 0 Å². The van der Waals surface area contributed by atoms with Crippen LogP contribution in [0.1, 0.15) is 13.8 Å². The molecule has 0 atom stereocenters. The molecule has 0 fully saturated rings. The summed E-state index contributed by atoms with van der Waals surface area (Å²) in [4.78, 5) is 13.6. The van der Waals surface area contributed by atoms with E-state index >= 15 is 0 Å². The Labute approximate surface area is 77.1 Å². The van der Waals surface area contributed by atoms with Gasteiger partial charge in [0.1, 0.15) is 11.4 Å². The minimum atomic E-state index is 0.0722. The lowest BCUT2D eigenvalue weighted by molar-refractivity contribution is 0.243. The monoisotopic (exact) mass is 177 g/mol. The standard InChI is InChI=1S/C10H11NO2/c1-8(2)13-10-6-4-3-5-9(10)11-7-12/h3-6,8H,1-2H3. The van der Waals surface area contributed by atoms with Crippen LogP contribution in [-0.2, 0) is 4.79 Å². The number of hydrogen-bond acceptors (Lipinski definition) is 3. The molecule has 13 heavy (non-hydrogen) atoms. The van der Waals surface area contributed by atoms with Crippen molar-refractivity contribution >= 4 is 11.8 Å². The Kier molecular flexibility index (Phi) is 3.23. The number of ether oxygens (including phenoxy) is 1. The van der Waals surface area contributed by atoms with E-state index in [1.54, 1.807) is 18.2 Å². The van der Waals surface area contributed by atoms with E-state index in [0.29, 0.717) is 11.4 Å². The molecule has 1 aromatic carbocycles. The highest BCUT2D eigenvalue weighted by Crippen LogP contribution is 2.26. The van der Waals surface area contributed by atoms with Gasteiger partial charge < -0.3 is 4.74 Å². The zero-order valence-corrected chi connectivity index (χ0v) is 7.65. The van der Waals surface area contributed by atoms with Crippen molar-refractivity contribution in [3.8, 4) is 5.75 Å². The average molecular weight is 177 g/mol. The summed E-state index contributed by atoms with van der Waals surface area (Å²) < 4.78 is 5.43. The second kappa shape index (κ2) is 4.43. The molecule has 0 aliphatic rings. The second-order valence-corrected chi connectivity index (χ2v) is 2.84. The first-order valence-corrected chi connectivity index (χ1v) is 4.07. The van der Waals surface area contributed by atoms with Gasteiger partial charge in [-0.2, -0.15) is 4.99 Å². The fourth-order valence-corrected chi connectivity index (χ4v) is 0.952. The molecule has 0 spiro atoms. The lowest BCUT2D eigenvalue weighted by atomic mass is 10.3. The van der Waals surface area contributed by atoms with Gasteiger partial charge in [-0.3, -0.25) is 0 Å². The number of isocyanates is 1. The van der Waals surface area contributed by atoms with Crippen molar-refractivity contribution in [1.82, 2.24) is 0 Å². The topological polar surface area (TPSA) is 38.7 Å². The number of para-hydroxylation sites is 2.